The number of nitrogens with zero attached hydrogens (tertiary/aromatic N) is 3. The van der Waals surface area contributed by atoms with Gasteiger partial charge in [-0.15, -0.1) is 10.1 Å². The molecule has 10 heteroatoms. The van der Waals surface area contributed by atoms with Crippen molar-refractivity contribution < 1.29 is 24.6 Å². The molecule has 2 atom stereocenters. The van der Waals surface area contributed by atoms with Crippen molar-refractivity contribution in [2.45, 2.75) is 11.8 Å². The van der Waals surface area contributed by atoms with Crippen molar-refractivity contribution in [1.29, 1.82) is 0 Å². The second-order valence-electron chi connectivity index (χ2n) is 6.03. The number of carbonyl (C=O) groups is 1. The minimum Gasteiger partial charge on any atom is -0.465 e. The number of methoxy groups -OCH3 is 1. The Hall–Kier alpha value is -3.43. The first-order chi connectivity index (χ1) is 13.9. The van der Waals surface area contributed by atoms with Crippen molar-refractivity contribution in [2.24, 2.45) is 0 Å². The molecule has 0 amide bonds. The smallest absolute Gasteiger partial charge is 0.337 e. The Bertz CT molecular complexity index is 988. The molecule has 9 nitrogen and oxygen atoms in total. The molecule has 2 aromatic carbocycles. The summed E-state index contributed by atoms with van der Waals surface area (Å²) >= 11 is 6.03. The number of hydrogen-bond acceptors (Lipinski definition) is 6. The third-order valence-electron chi connectivity index (χ3n) is 4.39. The number of aromatic nitrogens is 2. The van der Waals surface area contributed by atoms with E-state index in [2.05, 4.69) is 4.98 Å². The van der Waals surface area contributed by atoms with Gasteiger partial charge in [0, 0.05) is 17.4 Å². The molecule has 0 radical (unpaired) electrons. The Morgan fingerprint density at radius 3 is 2.28 bits per heavy atom. The number of rotatable bonds is 4. The summed E-state index contributed by atoms with van der Waals surface area (Å²) in [5, 5.41) is 14.3. The maximum atomic E-state index is 11.7. The van der Waals surface area contributed by atoms with Crippen LogP contribution >= 0.6 is 11.6 Å². The average molecular weight is 418 g/mol. The quantitative estimate of drug-likeness (QED) is 0.298. The molecular formula is C19H16ClN3O6. The first-order valence-electron chi connectivity index (χ1n) is 8.32. The van der Waals surface area contributed by atoms with Crippen molar-refractivity contribution in [1.82, 2.24) is 9.55 Å². The number of benzene rings is 2. The SMILES string of the molecule is COC(=O)c1ccc(C2(c3ccc(Cl)cc3)OC2n2ccnc2)cc1.O=[N+]([O-])O. The lowest BCUT2D eigenvalue weighted by molar-refractivity contribution is -0.742. The Balaban J connectivity index is 0.000000552. The van der Waals surface area contributed by atoms with E-state index in [0.717, 1.165) is 11.1 Å². The van der Waals surface area contributed by atoms with Crippen molar-refractivity contribution >= 4 is 17.6 Å². The molecule has 2 heterocycles. The summed E-state index contributed by atoms with van der Waals surface area (Å²) in [5.41, 5.74) is 1.79. The molecule has 1 fully saturated rings. The van der Waals surface area contributed by atoms with Crippen LogP contribution in [0.25, 0.3) is 0 Å². The van der Waals surface area contributed by atoms with Crippen LogP contribution < -0.4 is 0 Å². The van der Waals surface area contributed by atoms with Gasteiger partial charge in [0.25, 0.3) is 5.09 Å². The van der Waals surface area contributed by atoms with Gasteiger partial charge >= 0.3 is 5.97 Å². The molecule has 2 unspecified atom stereocenters. The lowest BCUT2D eigenvalue weighted by Gasteiger charge is -2.15. The Kier molecular flexibility index (Phi) is 5.81. The van der Waals surface area contributed by atoms with Crippen molar-refractivity contribution in [3.8, 4) is 0 Å². The predicted octanol–water partition coefficient (Wildman–Crippen LogP) is 3.45. The van der Waals surface area contributed by atoms with E-state index in [-0.39, 0.29) is 12.2 Å². The largest absolute Gasteiger partial charge is 0.465 e. The van der Waals surface area contributed by atoms with Crippen LogP contribution in [-0.4, -0.2) is 32.9 Å². The molecule has 3 aromatic rings. The second-order valence-corrected chi connectivity index (χ2v) is 6.47. The Labute approximate surface area is 170 Å². The average Bonchev–Trinajstić information content (AvgIpc) is 3.22. The van der Waals surface area contributed by atoms with Gasteiger partial charge in [-0.25, -0.2) is 9.78 Å². The zero-order valence-electron chi connectivity index (χ0n) is 15.1. The van der Waals surface area contributed by atoms with Crippen LogP contribution in [0.15, 0.2) is 67.3 Å². The van der Waals surface area contributed by atoms with Gasteiger partial charge in [0.05, 0.1) is 19.0 Å². The van der Waals surface area contributed by atoms with Crippen LogP contribution in [0.1, 0.15) is 27.7 Å². The maximum Gasteiger partial charge on any atom is 0.337 e. The third kappa shape index (κ3) is 4.20. The minimum absolute atomic E-state index is 0.208. The summed E-state index contributed by atoms with van der Waals surface area (Å²) in [6, 6.07) is 14.8. The first kappa shape index (κ1) is 20.3. The third-order valence-corrected chi connectivity index (χ3v) is 4.64. The summed E-state index contributed by atoms with van der Waals surface area (Å²) in [5.74, 6) is -0.366. The van der Waals surface area contributed by atoms with Crippen LogP contribution in [0.3, 0.4) is 0 Å². The molecule has 1 aliphatic heterocycles. The molecule has 29 heavy (non-hydrogen) atoms. The standard InChI is InChI=1S/C19H15ClN2O3.HNO3/c1-24-17(23)13-2-4-14(5-3-13)19(15-6-8-16(20)9-7-15)18(25-19)22-11-10-21-12-22;2-1(3)4/h2-12,18H,1H3;(H,2,3,4). The predicted molar refractivity (Wildman–Crippen MR) is 101 cm³/mol. The van der Waals surface area contributed by atoms with Gasteiger partial charge in [-0.3, -0.25) is 0 Å². The van der Waals surface area contributed by atoms with E-state index < -0.39 is 10.7 Å². The minimum atomic E-state index is -1.50. The van der Waals surface area contributed by atoms with E-state index in [0.29, 0.717) is 10.6 Å². The molecule has 0 bridgehead atoms. The fourth-order valence-corrected chi connectivity index (χ4v) is 3.20. The van der Waals surface area contributed by atoms with Crippen LogP contribution in [0.2, 0.25) is 5.02 Å². The highest BCUT2D eigenvalue weighted by atomic mass is 35.5. The number of carbonyl (C=O) groups excluding carboxylic acids is 1. The molecule has 150 valence electrons. The lowest BCUT2D eigenvalue weighted by Crippen LogP contribution is -2.15. The van der Waals surface area contributed by atoms with Crippen LogP contribution in [0.5, 0.6) is 0 Å². The summed E-state index contributed by atoms with van der Waals surface area (Å²) in [4.78, 5) is 24.1. The maximum absolute atomic E-state index is 11.7. The van der Waals surface area contributed by atoms with Crippen LogP contribution in [-0.2, 0) is 15.1 Å². The van der Waals surface area contributed by atoms with Crippen molar-refractivity contribution in [3.63, 3.8) is 0 Å². The molecule has 0 aliphatic carbocycles. The summed E-state index contributed by atoms with van der Waals surface area (Å²) < 4.78 is 12.8. The van der Waals surface area contributed by atoms with E-state index in [1.54, 1.807) is 24.7 Å². The molecule has 0 spiro atoms. The highest BCUT2D eigenvalue weighted by molar-refractivity contribution is 6.30. The fourth-order valence-electron chi connectivity index (χ4n) is 3.08. The van der Waals surface area contributed by atoms with E-state index >= 15 is 0 Å². The number of imidazole rings is 1. The van der Waals surface area contributed by atoms with E-state index in [9.17, 15) is 4.79 Å². The van der Waals surface area contributed by atoms with Crippen LogP contribution in [0.4, 0.5) is 0 Å². The zero-order chi connectivity index (χ0) is 21.0. The number of halogens is 1. The number of ether oxygens (including phenoxy) is 2. The molecule has 1 aromatic heterocycles. The summed E-state index contributed by atoms with van der Waals surface area (Å²) in [6.45, 7) is 0. The summed E-state index contributed by atoms with van der Waals surface area (Å²) in [6.07, 6.45) is 5.10. The zero-order valence-corrected chi connectivity index (χ0v) is 15.9. The van der Waals surface area contributed by atoms with E-state index in [1.807, 2.05) is 47.2 Å². The van der Waals surface area contributed by atoms with Crippen molar-refractivity contribution in [2.75, 3.05) is 7.11 Å². The second kappa shape index (κ2) is 8.29. The molecule has 1 saturated heterocycles. The highest BCUT2D eigenvalue weighted by Gasteiger charge is 2.60. The summed E-state index contributed by atoms with van der Waals surface area (Å²) in [7, 11) is 1.37. The number of epoxide rings is 1. The fraction of sp³-hybridized carbons (Fsp3) is 0.158. The topological polar surface area (TPSA) is 120 Å². The number of esters is 1. The lowest BCUT2D eigenvalue weighted by atomic mass is 9.89. The molecule has 1 N–H and O–H groups in total. The Morgan fingerprint density at radius 2 is 1.79 bits per heavy atom. The van der Waals surface area contributed by atoms with Gasteiger partial charge in [0.1, 0.15) is 0 Å². The number of hydrogen-bond donors (Lipinski definition) is 1. The van der Waals surface area contributed by atoms with Gasteiger partial charge in [-0.1, -0.05) is 35.9 Å². The van der Waals surface area contributed by atoms with Gasteiger partial charge < -0.3 is 19.2 Å². The van der Waals surface area contributed by atoms with Gasteiger partial charge in [0.15, 0.2) is 11.8 Å². The van der Waals surface area contributed by atoms with Crippen molar-refractivity contribution in [3.05, 3.63) is 99.1 Å². The van der Waals surface area contributed by atoms with Crippen LogP contribution in [0, 0.1) is 10.1 Å². The van der Waals surface area contributed by atoms with E-state index in [1.165, 1.54) is 7.11 Å². The van der Waals surface area contributed by atoms with Gasteiger partial charge in [-0.05, 0) is 35.4 Å². The molecule has 1 aliphatic rings. The molecular weight excluding hydrogens is 402 g/mol. The normalized spacial score (nSPS) is 19.6. The van der Waals surface area contributed by atoms with E-state index in [4.69, 9.17) is 36.4 Å². The monoisotopic (exact) mass is 417 g/mol. The first-order valence-corrected chi connectivity index (χ1v) is 8.69. The van der Waals surface area contributed by atoms with Gasteiger partial charge in [0.2, 0.25) is 0 Å². The highest BCUT2D eigenvalue weighted by Crippen LogP contribution is 2.58. The molecule has 0 saturated carbocycles. The van der Waals surface area contributed by atoms with Gasteiger partial charge in [-0.2, -0.15) is 0 Å². The molecule has 4 rings (SSSR count). The Morgan fingerprint density at radius 1 is 1.24 bits per heavy atom.